The van der Waals surface area contributed by atoms with E-state index in [1.54, 1.807) is 31.2 Å². The molecule has 2 aromatic rings. The van der Waals surface area contributed by atoms with Crippen molar-refractivity contribution < 1.29 is 9.53 Å². The predicted octanol–water partition coefficient (Wildman–Crippen LogP) is 2.49. The highest BCUT2D eigenvalue weighted by Gasteiger charge is 2.16. The molecule has 0 spiro atoms. The van der Waals surface area contributed by atoms with Gasteiger partial charge in [0.2, 0.25) is 0 Å². The van der Waals surface area contributed by atoms with Crippen LogP contribution in [0.1, 0.15) is 21.7 Å². The zero-order valence-electron chi connectivity index (χ0n) is 10.3. The minimum absolute atomic E-state index is 0.184. The standard InChI is InChI=1S/C13H10ClN3O2/c1-8-6-11(13(18)19-2)16-17(8)12-5-3-4-10(14)9(12)7-15/h3-6H,1-2H3. The van der Waals surface area contributed by atoms with Crippen molar-refractivity contribution in [1.29, 1.82) is 5.26 Å². The number of benzene rings is 1. The van der Waals surface area contributed by atoms with Crippen LogP contribution in [0.5, 0.6) is 0 Å². The molecule has 0 N–H and O–H groups in total. The lowest BCUT2D eigenvalue weighted by Gasteiger charge is -2.07. The number of aromatic nitrogens is 2. The molecule has 0 radical (unpaired) electrons. The van der Waals surface area contributed by atoms with Crippen LogP contribution in [-0.4, -0.2) is 22.9 Å². The van der Waals surface area contributed by atoms with Crippen molar-refractivity contribution >= 4 is 17.6 Å². The molecule has 2 rings (SSSR count). The Morgan fingerprint density at radius 2 is 2.26 bits per heavy atom. The van der Waals surface area contributed by atoms with E-state index >= 15 is 0 Å². The molecule has 0 saturated heterocycles. The van der Waals surface area contributed by atoms with E-state index in [-0.39, 0.29) is 5.69 Å². The molecule has 0 bridgehead atoms. The molecule has 96 valence electrons. The minimum atomic E-state index is -0.526. The van der Waals surface area contributed by atoms with Gasteiger partial charge >= 0.3 is 5.97 Å². The summed E-state index contributed by atoms with van der Waals surface area (Å²) in [5.74, 6) is -0.526. The summed E-state index contributed by atoms with van der Waals surface area (Å²) in [5.41, 5.74) is 1.73. The second kappa shape index (κ2) is 5.12. The van der Waals surface area contributed by atoms with Gasteiger partial charge in [-0.15, -0.1) is 0 Å². The van der Waals surface area contributed by atoms with Gasteiger partial charge in [-0.1, -0.05) is 17.7 Å². The number of hydrogen-bond acceptors (Lipinski definition) is 4. The minimum Gasteiger partial charge on any atom is -0.464 e. The number of rotatable bonds is 2. The number of esters is 1. The maximum atomic E-state index is 11.4. The SMILES string of the molecule is COC(=O)c1cc(C)n(-c2cccc(Cl)c2C#N)n1. The van der Waals surface area contributed by atoms with Crippen molar-refractivity contribution in [3.8, 4) is 11.8 Å². The number of methoxy groups -OCH3 is 1. The summed E-state index contributed by atoms with van der Waals surface area (Å²) >= 11 is 5.97. The second-order valence-electron chi connectivity index (χ2n) is 3.82. The third-order valence-corrected chi connectivity index (χ3v) is 2.93. The van der Waals surface area contributed by atoms with Gasteiger partial charge in [0.25, 0.3) is 0 Å². The maximum absolute atomic E-state index is 11.4. The molecule has 1 aromatic carbocycles. The van der Waals surface area contributed by atoms with Crippen LogP contribution in [-0.2, 0) is 4.74 Å². The van der Waals surface area contributed by atoms with Gasteiger partial charge in [0, 0.05) is 5.69 Å². The van der Waals surface area contributed by atoms with Crippen LogP contribution >= 0.6 is 11.6 Å². The molecule has 19 heavy (non-hydrogen) atoms. The van der Waals surface area contributed by atoms with E-state index in [1.165, 1.54) is 11.8 Å². The lowest BCUT2D eigenvalue weighted by Crippen LogP contribution is -2.06. The zero-order valence-corrected chi connectivity index (χ0v) is 11.1. The van der Waals surface area contributed by atoms with Crippen LogP contribution in [0, 0.1) is 18.3 Å². The predicted molar refractivity (Wildman–Crippen MR) is 69.4 cm³/mol. The first-order valence-corrected chi connectivity index (χ1v) is 5.80. The first-order chi connectivity index (χ1) is 9.08. The van der Waals surface area contributed by atoms with Crippen LogP contribution in [0.3, 0.4) is 0 Å². The molecule has 0 fully saturated rings. The Morgan fingerprint density at radius 3 is 2.89 bits per heavy atom. The topological polar surface area (TPSA) is 67.9 Å². The normalized spacial score (nSPS) is 10.0. The largest absolute Gasteiger partial charge is 0.464 e. The number of nitrogens with zero attached hydrogens (tertiary/aromatic N) is 3. The molecule has 6 heteroatoms. The van der Waals surface area contributed by atoms with Crippen molar-refractivity contribution in [2.75, 3.05) is 7.11 Å². The molecule has 0 atom stereocenters. The molecule has 0 aliphatic carbocycles. The van der Waals surface area contributed by atoms with E-state index in [2.05, 4.69) is 9.84 Å². The first kappa shape index (κ1) is 13.1. The maximum Gasteiger partial charge on any atom is 0.358 e. The number of carbonyl (C=O) groups excluding carboxylic acids is 1. The van der Waals surface area contributed by atoms with Gasteiger partial charge in [-0.2, -0.15) is 10.4 Å². The van der Waals surface area contributed by atoms with Crippen molar-refractivity contribution in [3.63, 3.8) is 0 Å². The smallest absolute Gasteiger partial charge is 0.358 e. The third kappa shape index (κ3) is 2.30. The Morgan fingerprint density at radius 1 is 1.53 bits per heavy atom. The average molecular weight is 276 g/mol. The van der Waals surface area contributed by atoms with Crippen LogP contribution in [0.2, 0.25) is 5.02 Å². The molecular weight excluding hydrogens is 266 g/mol. The van der Waals surface area contributed by atoms with Gasteiger partial charge in [-0.3, -0.25) is 0 Å². The van der Waals surface area contributed by atoms with Crippen LogP contribution < -0.4 is 0 Å². The molecule has 0 amide bonds. The van der Waals surface area contributed by atoms with E-state index in [0.29, 0.717) is 22.0 Å². The highest BCUT2D eigenvalue weighted by Crippen LogP contribution is 2.23. The van der Waals surface area contributed by atoms with Crippen molar-refractivity contribution in [2.45, 2.75) is 6.92 Å². The summed E-state index contributed by atoms with van der Waals surface area (Å²) in [4.78, 5) is 11.4. The number of aryl methyl sites for hydroxylation is 1. The second-order valence-corrected chi connectivity index (χ2v) is 4.23. The molecule has 0 aliphatic heterocycles. The summed E-state index contributed by atoms with van der Waals surface area (Å²) in [6, 6.07) is 8.69. The molecule has 1 aromatic heterocycles. The zero-order chi connectivity index (χ0) is 14.0. The van der Waals surface area contributed by atoms with Gasteiger partial charge in [0.05, 0.1) is 23.4 Å². The van der Waals surface area contributed by atoms with E-state index < -0.39 is 5.97 Å². The number of ether oxygens (including phenoxy) is 1. The number of hydrogen-bond donors (Lipinski definition) is 0. The third-order valence-electron chi connectivity index (χ3n) is 2.61. The highest BCUT2D eigenvalue weighted by atomic mass is 35.5. The molecular formula is C13H10ClN3O2. The fourth-order valence-electron chi connectivity index (χ4n) is 1.72. The summed E-state index contributed by atoms with van der Waals surface area (Å²) in [7, 11) is 1.29. The van der Waals surface area contributed by atoms with E-state index in [0.717, 1.165) is 0 Å². The number of halogens is 1. The molecule has 0 saturated carbocycles. The van der Waals surface area contributed by atoms with Crippen molar-refractivity contribution in [3.05, 3.63) is 46.2 Å². The van der Waals surface area contributed by atoms with E-state index in [9.17, 15) is 4.79 Å². The average Bonchev–Trinajstić information content (AvgIpc) is 2.79. The summed E-state index contributed by atoms with van der Waals surface area (Å²) < 4.78 is 6.11. The van der Waals surface area contributed by atoms with Crippen LogP contribution in [0.4, 0.5) is 0 Å². The Bertz CT molecular complexity index is 686. The van der Waals surface area contributed by atoms with Crippen LogP contribution in [0.25, 0.3) is 5.69 Å². The summed E-state index contributed by atoms with van der Waals surface area (Å²) in [6.07, 6.45) is 0. The Labute approximate surface area is 115 Å². The molecule has 0 unspecified atom stereocenters. The van der Waals surface area contributed by atoms with Gasteiger partial charge in [-0.25, -0.2) is 9.48 Å². The Balaban J connectivity index is 2.61. The van der Waals surface area contributed by atoms with Crippen molar-refractivity contribution in [1.82, 2.24) is 9.78 Å². The lowest BCUT2D eigenvalue weighted by atomic mass is 10.2. The van der Waals surface area contributed by atoms with Gasteiger partial charge in [-0.05, 0) is 25.1 Å². The number of nitriles is 1. The van der Waals surface area contributed by atoms with E-state index in [1.807, 2.05) is 6.07 Å². The quantitative estimate of drug-likeness (QED) is 0.790. The molecule has 0 aliphatic rings. The number of carbonyl (C=O) groups is 1. The van der Waals surface area contributed by atoms with Gasteiger partial charge < -0.3 is 4.74 Å². The van der Waals surface area contributed by atoms with Crippen molar-refractivity contribution in [2.24, 2.45) is 0 Å². The van der Waals surface area contributed by atoms with Gasteiger partial charge in [0.1, 0.15) is 6.07 Å². The fraction of sp³-hybridized carbons (Fsp3) is 0.154. The van der Waals surface area contributed by atoms with Crippen LogP contribution in [0.15, 0.2) is 24.3 Å². The van der Waals surface area contributed by atoms with E-state index in [4.69, 9.17) is 16.9 Å². The molecule has 5 nitrogen and oxygen atoms in total. The molecule has 1 heterocycles. The monoisotopic (exact) mass is 275 g/mol. The lowest BCUT2D eigenvalue weighted by molar-refractivity contribution is 0.0593. The first-order valence-electron chi connectivity index (χ1n) is 5.42. The van der Waals surface area contributed by atoms with Gasteiger partial charge in [0.15, 0.2) is 5.69 Å². The Kier molecular flexibility index (Phi) is 3.54. The Hall–Kier alpha value is -2.32. The fourth-order valence-corrected chi connectivity index (χ4v) is 1.93. The summed E-state index contributed by atoms with van der Waals surface area (Å²) in [5, 5.41) is 13.6. The highest BCUT2D eigenvalue weighted by molar-refractivity contribution is 6.32. The summed E-state index contributed by atoms with van der Waals surface area (Å²) in [6.45, 7) is 1.78.